The van der Waals surface area contributed by atoms with Crippen molar-refractivity contribution in [1.82, 2.24) is 0 Å². The van der Waals surface area contributed by atoms with Crippen LogP contribution in [0.15, 0.2) is 24.3 Å². The summed E-state index contributed by atoms with van der Waals surface area (Å²) >= 11 is 0. The Labute approximate surface area is 53.0 Å². The molecule has 0 aliphatic carbocycles. The fourth-order valence-corrected chi connectivity index (χ4v) is 0.643. The van der Waals surface area contributed by atoms with Gasteiger partial charge >= 0.3 is 0 Å². The van der Waals surface area contributed by atoms with Crippen molar-refractivity contribution < 1.29 is 9.47 Å². The largest absolute Gasteiger partial charge is 0.294 e. The third-order valence-electron chi connectivity index (χ3n) is 1.18. The van der Waals surface area contributed by atoms with Gasteiger partial charge in [-0.25, -0.2) is 0 Å². The topological polar surface area (TPSA) is 9.23 Å². The molecule has 0 aromatic heterocycles. The Morgan fingerprint density at radius 3 is 2.44 bits per heavy atom. The van der Waals surface area contributed by atoms with Crippen LogP contribution in [0.3, 0.4) is 0 Å². The van der Waals surface area contributed by atoms with E-state index in [1.807, 2.05) is 6.07 Å². The van der Waals surface area contributed by atoms with Gasteiger partial charge in [0.25, 0.3) is 0 Å². The Hall–Kier alpha value is -1.05. The molecule has 1 nitrogen and oxygen atoms in total. The van der Waals surface area contributed by atoms with Crippen LogP contribution in [0.1, 0.15) is 5.56 Å². The van der Waals surface area contributed by atoms with Gasteiger partial charge in [0.1, 0.15) is 0 Å². The number of benzene rings is 1. The van der Waals surface area contributed by atoms with Crippen LogP contribution in [0.2, 0.25) is 0 Å². The highest BCUT2D eigenvalue weighted by Crippen LogP contribution is 2.15. The Morgan fingerprint density at radius 2 is 2.00 bits per heavy atom. The van der Waals surface area contributed by atoms with Crippen LogP contribution in [0, 0.1) is 6.92 Å². The number of para-hydroxylation sites is 1. The minimum atomic E-state index is 0.289. The van der Waals surface area contributed by atoms with Crippen LogP contribution in [0.5, 0.6) is 5.75 Å². The molecular weight excluding hydrogens is 119 g/mol. The van der Waals surface area contributed by atoms with E-state index in [0.717, 1.165) is 5.56 Å². The maximum Gasteiger partial charge on any atom is 0.174 e. The summed E-state index contributed by atoms with van der Waals surface area (Å²) in [6, 6.07) is 6.92. The van der Waals surface area contributed by atoms with Crippen molar-refractivity contribution in [3.63, 3.8) is 0 Å². The summed E-state index contributed by atoms with van der Waals surface area (Å²) < 4.78 is 11.5. The van der Waals surface area contributed by atoms with E-state index < -0.39 is 0 Å². The second-order valence-corrected chi connectivity index (χ2v) is 1.84. The van der Waals surface area contributed by atoms with Crippen molar-refractivity contribution in [3.05, 3.63) is 29.8 Å². The minimum absolute atomic E-state index is 0.289. The summed E-state index contributed by atoms with van der Waals surface area (Å²) in [6.45, 7) is 1.79. The highest BCUT2D eigenvalue weighted by atomic mass is 19.3. The van der Waals surface area contributed by atoms with E-state index in [2.05, 4.69) is 4.94 Å². The molecule has 0 unspecified atom stereocenters. The first-order valence-electron chi connectivity index (χ1n) is 2.69. The fraction of sp³-hybridized carbons (Fsp3) is 0.143. The first-order valence-corrected chi connectivity index (χ1v) is 2.69. The Balaban J connectivity index is 3.01. The van der Waals surface area contributed by atoms with Gasteiger partial charge in [-0.3, -0.25) is 4.94 Å². The molecule has 0 saturated carbocycles. The molecule has 0 aliphatic heterocycles. The van der Waals surface area contributed by atoms with Gasteiger partial charge in [0.15, 0.2) is 5.75 Å². The van der Waals surface area contributed by atoms with Crippen LogP contribution in [0.4, 0.5) is 4.53 Å². The summed E-state index contributed by atoms with van der Waals surface area (Å²) in [5.74, 6) is 0.289. The van der Waals surface area contributed by atoms with E-state index in [4.69, 9.17) is 0 Å². The van der Waals surface area contributed by atoms with Crippen molar-refractivity contribution in [2.24, 2.45) is 0 Å². The lowest BCUT2D eigenvalue weighted by Gasteiger charge is -1.95. The number of aryl methyl sites for hydroxylation is 1. The lowest BCUT2D eigenvalue weighted by atomic mass is 10.2. The average molecular weight is 126 g/mol. The molecule has 0 aliphatic rings. The van der Waals surface area contributed by atoms with Crippen LogP contribution in [0.25, 0.3) is 0 Å². The predicted octanol–water partition coefficient (Wildman–Crippen LogP) is 2.26. The number of rotatable bonds is 1. The third-order valence-corrected chi connectivity index (χ3v) is 1.18. The molecule has 0 amide bonds. The van der Waals surface area contributed by atoms with Gasteiger partial charge in [0.05, 0.1) is 0 Å². The second-order valence-electron chi connectivity index (χ2n) is 1.84. The molecule has 1 rings (SSSR count). The smallest absolute Gasteiger partial charge is 0.174 e. The molecule has 0 atom stereocenters. The predicted molar refractivity (Wildman–Crippen MR) is 32.9 cm³/mol. The van der Waals surface area contributed by atoms with Gasteiger partial charge in [-0.15, -0.1) is 0 Å². The van der Waals surface area contributed by atoms with Crippen LogP contribution >= 0.6 is 0 Å². The monoisotopic (exact) mass is 126 g/mol. The van der Waals surface area contributed by atoms with Crippen LogP contribution in [-0.2, 0) is 0 Å². The van der Waals surface area contributed by atoms with Crippen molar-refractivity contribution in [2.45, 2.75) is 6.92 Å². The fourth-order valence-electron chi connectivity index (χ4n) is 0.643. The van der Waals surface area contributed by atoms with Crippen LogP contribution < -0.4 is 4.94 Å². The van der Waals surface area contributed by atoms with Crippen LogP contribution in [-0.4, -0.2) is 0 Å². The van der Waals surface area contributed by atoms with Crippen molar-refractivity contribution in [3.8, 4) is 5.75 Å². The Bertz CT molecular complexity index is 198. The van der Waals surface area contributed by atoms with Gasteiger partial charge in [0.2, 0.25) is 0 Å². The molecule has 0 radical (unpaired) electrons. The van der Waals surface area contributed by atoms with Crippen molar-refractivity contribution in [2.75, 3.05) is 0 Å². The highest BCUT2D eigenvalue weighted by Gasteiger charge is 1.94. The van der Waals surface area contributed by atoms with E-state index in [1.54, 1.807) is 25.1 Å². The van der Waals surface area contributed by atoms with E-state index in [-0.39, 0.29) is 5.75 Å². The molecule has 48 valence electrons. The normalized spacial score (nSPS) is 9.11. The summed E-state index contributed by atoms with van der Waals surface area (Å²) in [7, 11) is 0. The average Bonchev–Trinajstić information content (AvgIpc) is 1.89. The van der Waals surface area contributed by atoms with Gasteiger partial charge in [0, 0.05) is 4.53 Å². The zero-order valence-corrected chi connectivity index (χ0v) is 5.10. The summed E-state index contributed by atoms with van der Waals surface area (Å²) in [5, 5.41) is 0. The summed E-state index contributed by atoms with van der Waals surface area (Å²) in [6.07, 6.45) is 0. The molecule has 9 heavy (non-hydrogen) atoms. The lowest BCUT2D eigenvalue weighted by molar-refractivity contribution is -0.00700. The van der Waals surface area contributed by atoms with E-state index in [0.29, 0.717) is 0 Å². The Morgan fingerprint density at radius 1 is 1.33 bits per heavy atom. The zero-order valence-electron chi connectivity index (χ0n) is 5.10. The minimum Gasteiger partial charge on any atom is -0.294 e. The second kappa shape index (κ2) is 2.49. The molecule has 0 bridgehead atoms. The molecule has 0 fully saturated rings. The van der Waals surface area contributed by atoms with E-state index in [1.165, 1.54) is 0 Å². The SMILES string of the molecule is Cc1ccccc1OF. The molecule has 1 aromatic carbocycles. The molecule has 0 N–H and O–H groups in total. The van der Waals surface area contributed by atoms with Crippen molar-refractivity contribution in [1.29, 1.82) is 0 Å². The molecular formula is C7H7FO. The summed E-state index contributed by atoms with van der Waals surface area (Å²) in [4.78, 5) is 3.54. The lowest BCUT2D eigenvalue weighted by Crippen LogP contribution is -1.79. The van der Waals surface area contributed by atoms with Gasteiger partial charge in [-0.1, -0.05) is 18.2 Å². The number of hydrogen-bond donors (Lipinski definition) is 0. The summed E-state index contributed by atoms with van der Waals surface area (Å²) in [5.41, 5.74) is 0.806. The van der Waals surface area contributed by atoms with Crippen molar-refractivity contribution >= 4 is 0 Å². The van der Waals surface area contributed by atoms with E-state index >= 15 is 0 Å². The highest BCUT2D eigenvalue weighted by molar-refractivity contribution is 5.30. The van der Waals surface area contributed by atoms with Gasteiger partial charge in [-0.2, -0.15) is 0 Å². The number of hydrogen-bond acceptors (Lipinski definition) is 1. The zero-order chi connectivity index (χ0) is 6.69. The molecule has 0 saturated heterocycles. The quantitative estimate of drug-likeness (QED) is 0.560. The molecule has 2 heteroatoms. The number of halogens is 1. The first-order chi connectivity index (χ1) is 4.34. The Kier molecular flexibility index (Phi) is 1.68. The molecule has 0 heterocycles. The van der Waals surface area contributed by atoms with E-state index in [9.17, 15) is 4.53 Å². The molecule has 0 spiro atoms. The molecule has 1 aromatic rings. The maximum atomic E-state index is 11.5. The van der Waals surface area contributed by atoms with Gasteiger partial charge < -0.3 is 0 Å². The first kappa shape index (κ1) is 6.08. The standard InChI is InChI=1S/C7H7FO/c1-6-4-2-3-5-7(6)9-8/h2-5H,1H3. The van der Waals surface area contributed by atoms with Gasteiger partial charge in [-0.05, 0) is 18.6 Å². The third kappa shape index (κ3) is 1.19. The maximum absolute atomic E-state index is 11.5.